The van der Waals surface area contributed by atoms with Gasteiger partial charge in [-0.3, -0.25) is 4.79 Å². The fourth-order valence-corrected chi connectivity index (χ4v) is 0.364. The lowest BCUT2D eigenvalue weighted by atomic mass is 10.1. The number of hydrogen-bond donors (Lipinski definition) is 5. The molecule has 86 valence electrons. The van der Waals surface area contributed by atoms with Gasteiger partial charge in [0.05, 0.1) is 0 Å². The van der Waals surface area contributed by atoms with Crippen LogP contribution in [0.5, 0.6) is 0 Å². The molecule has 2 unspecified atom stereocenters. The van der Waals surface area contributed by atoms with Gasteiger partial charge in [-0.25, -0.2) is 0 Å². The van der Waals surface area contributed by atoms with E-state index in [-0.39, 0.29) is 0 Å². The van der Waals surface area contributed by atoms with Crippen molar-refractivity contribution < 1.29 is 25.2 Å². The van der Waals surface area contributed by atoms with Gasteiger partial charge in [0.1, 0.15) is 23.7 Å². The Morgan fingerprint density at radius 1 is 1.13 bits per heavy atom. The molecule has 0 aliphatic carbocycles. The van der Waals surface area contributed by atoms with Crippen LogP contribution >= 0.6 is 0 Å². The van der Waals surface area contributed by atoms with Crippen molar-refractivity contribution in [1.29, 1.82) is 0 Å². The predicted molar refractivity (Wildman–Crippen MR) is 54.9 cm³/mol. The number of carbonyl (C=O) groups is 1. The van der Waals surface area contributed by atoms with Crippen LogP contribution in [0.4, 0.5) is 0 Å². The summed E-state index contributed by atoms with van der Waals surface area (Å²) in [5.74, 6) is -1.70. The van der Waals surface area contributed by atoms with Crippen LogP contribution in [0.25, 0.3) is 0 Å². The molecule has 1 amide bonds. The highest BCUT2D eigenvalue weighted by Gasteiger charge is 2.20. The van der Waals surface area contributed by atoms with E-state index in [0.717, 1.165) is 6.08 Å². The smallest absolute Gasteiger partial charge is 0.240 e. The van der Waals surface area contributed by atoms with Crippen molar-refractivity contribution in [2.24, 2.45) is 5.73 Å². The first-order valence-electron chi connectivity index (χ1n) is 3.77. The molecule has 0 fully saturated rings. The fraction of sp³-hybridized carbons (Fsp3) is 0.222. The van der Waals surface area contributed by atoms with Crippen LogP contribution in [0, 0.1) is 0 Å². The predicted octanol–water partition coefficient (Wildman–Crippen LogP) is -0.491. The second-order valence-corrected chi connectivity index (χ2v) is 2.48. The Morgan fingerprint density at radius 3 is 1.40 bits per heavy atom. The van der Waals surface area contributed by atoms with Crippen LogP contribution in [-0.4, -0.2) is 38.5 Å². The fourth-order valence-electron chi connectivity index (χ4n) is 0.364. The molecule has 0 radical (unpaired) electrons. The minimum absolute atomic E-state index is 0.481. The van der Waals surface area contributed by atoms with Gasteiger partial charge in [0.15, 0.2) is 0 Å². The van der Waals surface area contributed by atoms with Crippen molar-refractivity contribution in [3.05, 3.63) is 37.3 Å². The Hall–Kier alpha value is -1.79. The highest BCUT2D eigenvalue weighted by Crippen LogP contribution is 2.06. The summed E-state index contributed by atoms with van der Waals surface area (Å²) in [6.45, 7) is 8.99. The molecule has 2 atom stereocenters. The lowest BCUT2D eigenvalue weighted by Crippen LogP contribution is -2.28. The molecule has 6 N–H and O–H groups in total. The summed E-state index contributed by atoms with van der Waals surface area (Å²) in [5.41, 5.74) is 4.53. The average Bonchev–Trinajstić information content (AvgIpc) is 2.16. The molecular weight excluding hydrogens is 202 g/mol. The molecule has 0 aliphatic heterocycles. The van der Waals surface area contributed by atoms with E-state index in [9.17, 15) is 4.79 Å². The van der Waals surface area contributed by atoms with Gasteiger partial charge in [0.2, 0.25) is 5.91 Å². The lowest BCUT2D eigenvalue weighted by molar-refractivity contribution is -0.113. The van der Waals surface area contributed by atoms with Gasteiger partial charge < -0.3 is 26.2 Å². The van der Waals surface area contributed by atoms with Crippen LogP contribution in [0.15, 0.2) is 37.3 Å². The summed E-state index contributed by atoms with van der Waals surface area (Å²) in [5, 5.41) is 34.5. The van der Waals surface area contributed by atoms with Gasteiger partial charge in [-0.15, -0.1) is 0 Å². The van der Waals surface area contributed by atoms with Crippen molar-refractivity contribution in [3.8, 4) is 0 Å². The summed E-state index contributed by atoms with van der Waals surface area (Å²) in [7, 11) is 0. The van der Waals surface area contributed by atoms with Gasteiger partial charge in [0, 0.05) is 0 Å². The molecule has 15 heavy (non-hydrogen) atoms. The van der Waals surface area contributed by atoms with Crippen LogP contribution in [0.2, 0.25) is 0 Å². The molecule has 0 spiro atoms. The first-order valence-corrected chi connectivity index (χ1v) is 3.77. The van der Waals surface area contributed by atoms with Crippen LogP contribution in [-0.2, 0) is 4.79 Å². The quantitative estimate of drug-likeness (QED) is 0.321. The molecule has 6 nitrogen and oxygen atoms in total. The molecule has 0 aromatic rings. The number of aliphatic hydroxyl groups excluding tert-OH is 4. The highest BCUT2D eigenvalue weighted by atomic mass is 16.4. The van der Waals surface area contributed by atoms with Crippen molar-refractivity contribution in [2.75, 3.05) is 0 Å². The normalized spacial score (nSPS) is 12.7. The van der Waals surface area contributed by atoms with Crippen molar-refractivity contribution in [2.45, 2.75) is 12.2 Å². The van der Waals surface area contributed by atoms with Crippen LogP contribution in [0.1, 0.15) is 0 Å². The lowest BCUT2D eigenvalue weighted by Gasteiger charge is -2.14. The second-order valence-electron chi connectivity index (χ2n) is 2.48. The van der Waals surface area contributed by atoms with Gasteiger partial charge in [-0.05, 0) is 6.08 Å². The first-order chi connectivity index (χ1) is 6.73. The number of hydrogen-bond acceptors (Lipinski definition) is 5. The molecule has 0 saturated heterocycles. The Labute approximate surface area is 87.3 Å². The number of aliphatic hydroxyl groups is 4. The first kappa shape index (κ1) is 15.7. The highest BCUT2D eigenvalue weighted by molar-refractivity contribution is 5.84. The molecule has 0 aliphatic rings. The van der Waals surface area contributed by atoms with Gasteiger partial charge in [0.25, 0.3) is 0 Å². The second kappa shape index (κ2) is 7.60. The molecule has 0 bridgehead atoms. The summed E-state index contributed by atoms with van der Waals surface area (Å²) in [4.78, 5) is 9.47. The number of carbonyl (C=O) groups excluding carboxylic acids is 1. The third-order valence-electron chi connectivity index (χ3n) is 1.18. The molecule has 0 aromatic heterocycles. The summed E-state index contributed by atoms with van der Waals surface area (Å²) in [6, 6.07) is 0. The van der Waals surface area contributed by atoms with E-state index >= 15 is 0 Å². The zero-order valence-electron chi connectivity index (χ0n) is 8.13. The van der Waals surface area contributed by atoms with Gasteiger partial charge in [-0.1, -0.05) is 19.7 Å². The molecule has 0 saturated carbocycles. The van der Waals surface area contributed by atoms with E-state index < -0.39 is 29.6 Å². The topological polar surface area (TPSA) is 124 Å². The Bertz CT molecular complexity index is 243. The van der Waals surface area contributed by atoms with Crippen molar-refractivity contribution in [3.63, 3.8) is 0 Å². The van der Waals surface area contributed by atoms with E-state index in [2.05, 4.69) is 25.5 Å². The number of nitrogens with two attached hydrogens (primary N) is 1. The zero-order valence-corrected chi connectivity index (χ0v) is 8.13. The molecule has 0 heterocycles. The molecule has 0 aromatic carbocycles. The number of amides is 1. The van der Waals surface area contributed by atoms with E-state index in [4.69, 9.17) is 20.4 Å². The maximum atomic E-state index is 9.47. The Morgan fingerprint density at radius 2 is 1.33 bits per heavy atom. The largest absolute Gasteiger partial charge is 0.510 e. The Balaban J connectivity index is 0. The van der Waals surface area contributed by atoms with E-state index in [1.165, 1.54) is 0 Å². The van der Waals surface area contributed by atoms with Gasteiger partial charge >= 0.3 is 0 Å². The van der Waals surface area contributed by atoms with E-state index in [1.807, 2.05) is 0 Å². The molecule has 0 rings (SSSR count). The van der Waals surface area contributed by atoms with Gasteiger partial charge in [-0.2, -0.15) is 0 Å². The molecule has 6 heteroatoms. The van der Waals surface area contributed by atoms with Crippen LogP contribution < -0.4 is 5.73 Å². The summed E-state index contributed by atoms with van der Waals surface area (Å²) in [6.07, 6.45) is -2.09. The van der Waals surface area contributed by atoms with E-state index in [1.54, 1.807) is 0 Å². The number of rotatable bonds is 4. The number of primary amides is 1. The summed E-state index contributed by atoms with van der Waals surface area (Å²) < 4.78 is 0. The minimum atomic E-state index is -1.57. The SMILES string of the molecule is C=C(O)C(O)C(O)C(=C)O.C=CC(N)=O. The zero-order chi connectivity index (χ0) is 12.6. The standard InChI is InChI=1S/C6H10O4.C3H5NO/c1-3(7)5(9)6(10)4(2)8;1-2-3(4)5/h5-10H,1-2H2;2H,1H2,(H2,4,5). The van der Waals surface area contributed by atoms with Crippen molar-refractivity contribution >= 4 is 5.91 Å². The third-order valence-corrected chi connectivity index (χ3v) is 1.18. The minimum Gasteiger partial charge on any atom is -0.510 e. The van der Waals surface area contributed by atoms with Crippen LogP contribution in [0.3, 0.4) is 0 Å². The van der Waals surface area contributed by atoms with Crippen molar-refractivity contribution in [1.82, 2.24) is 0 Å². The monoisotopic (exact) mass is 217 g/mol. The molecular formula is C9H15NO5. The summed E-state index contributed by atoms with van der Waals surface area (Å²) >= 11 is 0. The third kappa shape index (κ3) is 8.54. The maximum absolute atomic E-state index is 9.47. The average molecular weight is 217 g/mol. The maximum Gasteiger partial charge on any atom is 0.240 e. The Kier molecular flexibility index (Phi) is 7.94. The van der Waals surface area contributed by atoms with E-state index in [0.29, 0.717) is 0 Å².